The molecule has 1 aliphatic carbocycles. The van der Waals surface area contributed by atoms with Crippen molar-refractivity contribution in [3.8, 4) is 0 Å². The Kier molecular flexibility index (Phi) is 1.95. The molecule has 0 aromatic carbocycles. The monoisotopic (exact) mass is 184 g/mol. The zero-order valence-electron chi connectivity index (χ0n) is 6.00. The lowest BCUT2D eigenvalue weighted by Gasteiger charge is -2.31. The van der Waals surface area contributed by atoms with E-state index < -0.39 is 17.5 Å². The van der Waals surface area contributed by atoms with Crippen molar-refractivity contribution >= 4 is 11.6 Å². The first-order valence-electron chi connectivity index (χ1n) is 3.26. The van der Waals surface area contributed by atoms with Crippen LogP contribution in [0.1, 0.15) is 19.8 Å². The van der Waals surface area contributed by atoms with Crippen LogP contribution in [-0.2, 0) is 0 Å². The van der Waals surface area contributed by atoms with E-state index in [0.29, 0.717) is 5.57 Å². The first kappa shape index (κ1) is 8.91. The molecule has 0 saturated carbocycles. The van der Waals surface area contributed by atoms with Gasteiger partial charge in [0.05, 0.1) is 0 Å². The number of hydrogen-bond donors (Lipinski definition) is 0. The summed E-state index contributed by atoms with van der Waals surface area (Å²) in [4.78, 5) is 0. The summed E-state index contributed by atoms with van der Waals surface area (Å²) >= 11 is 5.00. The third kappa shape index (κ3) is 1.53. The Morgan fingerprint density at radius 1 is 1.45 bits per heavy atom. The van der Waals surface area contributed by atoms with Gasteiger partial charge in [0.2, 0.25) is 5.13 Å². The van der Waals surface area contributed by atoms with Gasteiger partial charge in [-0.3, -0.25) is 0 Å². The van der Waals surface area contributed by atoms with Gasteiger partial charge in [0.1, 0.15) is 0 Å². The second kappa shape index (κ2) is 2.41. The molecule has 1 rings (SSSR count). The third-order valence-corrected chi connectivity index (χ3v) is 2.15. The van der Waals surface area contributed by atoms with Crippen LogP contribution in [0.3, 0.4) is 0 Å². The number of alkyl halides is 4. The SMILES string of the molecule is CC1=CCC(F)(F)C(F)(Cl)C1. The van der Waals surface area contributed by atoms with Gasteiger partial charge in [-0.2, -0.15) is 0 Å². The molecule has 0 saturated heterocycles. The van der Waals surface area contributed by atoms with Crippen LogP contribution in [0.4, 0.5) is 13.2 Å². The van der Waals surface area contributed by atoms with E-state index in [-0.39, 0.29) is 6.42 Å². The van der Waals surface area contributed by atoms with Crippen LogP contribution >= 0.6 is 11.6 Å². The summed E-state index contributed by atoms with van der Waals surface area (Å²) in [5, 5.41) is -2.88. The van der Waals surface area contributed by atoms with Crippen molar-refractivity contribution in [2.75, 3.05) is 0 Å². The maximum Gasteiger partial charge on any atom is 0.298 e. The fraction of sp³-hybridized carbons (Fsp3) is 0.714. The predicted molar refractivity (Wildman–Crippen MR) is 37.6 cm³/mol. The summed E-state index contributed by atoms with van der Waals surface area (Å²) in [5.41, 5.74) is 0.577. The van der Waals surface area contributed by atoms with E-state index in [1.807, 2.05) is 0 Å². The van der Waals surface area contributed by atoms with Gasteiger partial charge >= 0.3 is 0 Å². The molecule has 0 aromatic rings. The van der Waals surface area contributed by atoms with Crippen LogP contribution < -0.4 is 0 Å². The second-order valence-corrected chi connectivity index (χ2v) is 3.44. The molecule has 4 heteroatoms. The zero-order chi connectivity index (χ0) is 8.70. The van der Waals surface area contributed by atoms with E-state index in [0.717, 1.165) is 0 Å². The van der Waals surface area contributed by atoms with Gasteiger partial charge in [-0.1, -0.05) is 23.3 Å². The Morgan fingerprint density at radius 3 is 2.36 bits per heavy atom. The summed E-state index contributed by atoms with van der Waals surface area (Å²) < 4.78 is 38.1. The van der Waals surface area contributed by atoms with Crippen molar-refractivity contribution in [2.24, 2.45) is 0 Å². The summed E-state index contributed by atoms with van der Waals surface area (Å²) in [6, 6.07) is 0. The summed E-state index contributed by atoms with van der Waals surface area (Å²) in [5.74, 6) is -3.42. The van der Waals surface area contributed by atoms with E-state index in [1.165, 1.54) is 6.08 Å². The largest absolute Gasteiger partial charge is 0.298 e. The van der Waals surface area contributed by atoms with Gasteiger partial charge in [0.15, 0.2) is 0 Å². The van der Waals surface area contributed by atoms with Crippen molar-refractivity contribution in [1.82, 2.24) is 0 Å². The molecule has 0 spiro atoms. The van der Waals surface area contributed by atoms with Crippen LogP contribution in [-0.4, -0.2) is 11.1 Å². The molecule has 1 aliphatic rings. The van der Waals surface area contributed by atoms with E-state index in [9.17, 15) is 13.2 Å². The minimum Gasteiger partial charge on any atom is -0.219 e. The van der Waals surface area contributed by atoms with Crippen molar-refractivity contribution in [3.63, 3.8) is 0 Å². The quantitative estimate of drug-likeness (QED) is 0.400. The minimum absolute atomic E-state index is 0.387. The van der Waals surface area contributed by atoms with E-state index in [2.05, 4.69) is 0 Å². The predicted octanol–water partition coefficient (Wildman–Crippen LogP) is 3.27. The first-order valence-corrected chi connectivity index (χ1v) is 3.64. The summed E-state index contributed by atoms with van der Waals surface area (Å²) in [6.07, 6.45) is 0.334. The normalized spacial score (nSPS) is 36.6. The smallest absolute Gasteiger partial charge is 0.219 e. The average molecular weight is 185 g/mol. The zero-order valence-corrected chi connectivity index (χ0v) is 6.76. The van der Waals surface area contributed by atoms with E-state index in [4.69, 9.17) is 11.6 Å². The second-order valence-electron chi connectivity index (χ2n) is 2.84. The van der Waals surface area contributed by atoms with E-state index in [1.54, 1.807) is 6.92 Å². The van der Waals surface area contributed by atoms with Gasteiger partial charge in [-0.25, -0.2) is 13.2 Å². The number of halogens is 4. The van der Waals surface area contributed by atoms with Crippen molar-refractivity contribution in [3.05, 3.63) is 11.6 Å². The molecule has 0 heterocycles. The van der Waals surface area contributed by atoms with Crippen molar-refractivity contribution in [1.29, 1.82) is 0 Å². The molecule has 11 heavy (non-hydrogen) atoms. The van der Waals surface area contributed by atoms with Gasteiger partial charge in [-0.15, -0.1) is 0 Å². The maximum atomic E-state index is 12.9. The Morgan fingerprint density at radius 2 is 2.00 bits per heavy atom. The van der Waals surface area contributed by atoms with E-state index >= 15 is 0 Å². The Hall–Kier alpha value is -0.180. The van der Waals surface area contributed by atoms with Crippen molar-refractivity contribution in [2.45, 2.75) is 30.8 Å². The number of allylic oxidation sites excluding steroid dienone is 2. The number of rotatable bonds is 0. The molecule has 0 N–H and O–H groups in total. The Balaban J connectivity index is 2.89. The van der Waals surface area contributed by atoms with Crippen LogP contribution in [0.2, 0.25) is 0 Å². The molecule has 1 atom stereocenters. The third-order valence-electron chi connectivity index (χ3n) is 1.74. The van der Waals surface area contributed by atoms with Gasteiger partial charge in [-0.05, 0) is 6.92 Å². The lowest BCUT2D eigenvalue weighted by atomic mass is 9.95. The number of hydrogen-bond acceptors (Lipinski definition) is 0. The molecule has 0 aromatic heterocycles. The molecule has 0 fully saturated rings. The maximum absolute atomic E-state index is 12.9. The Bertz CT molecular complexity index is 196. The highest BCUT2D eigenvalue weighted by Gasteiger charge is 2.54. The fourth-order valence-electron chi connectivity index (χ4n) is 1.00. The molecule has 0 amide bonds. The fourth-order valence-corrected chi connectivity index (χ4v) is 1.29. The van der Waals surface area contributed by atoms with Gasteiger partial charge in [0, 0.05) is 12.8 Å². The lowest BCUT2D eigenvalue weighted by molar-refractivity contribution is -0.0962. The topological polar surface area (TPSA) is 0 Å². The highest BCUT2D eigenvalue weighted by atomic mass is 35.5. The van der Waals surface area contributed by atoms with Gasteiger partial charge in [0.25, 0.3) is 5.92 Å². The van der Waals surface area contributed by atoms with Crippen molar-refractivity contribution < 1.29 is 13.2 Å². The highest BCUT2D eigenvalue weighted by Crippen LogP contribution is 2.46. The Labute approximate surface area is 68.0 Å². The lowest BCUT2D eigenvalue weighted by Crippen LogP contribution is -2.41. The highest BCUT2D eigenvalue weighted by molar-refractivity contribution is 6.23. The minimum atomic E-state index is -3.42. The summed E-state index contributed by atoms with van der Waals surface area (Å²) in [6.45, 7) is 1.59. The molecule has 1 unspecified atom stereocenters. The molecule has 0 radical (unpaired) electrons. The molecule has 0 aliphatic heterocycles. The molecular weight excluding hydrogens is 177 g/mol. The molecular formula is C7H8ClF3. The summed E-state index contributed by atoms with van der Waals surface area (Å²) in [7, 11) is 0. The van der Waals surface area contributed by atoms with Crippen LogP contribution in [0.15, 0.2) is 11.6 Å². The van der Waals surface area contributed by atoms with Crippen LogP contribution in [0, 0.1) is 0 Å². The first-order chi connectivity index (χ1) is 4.85. The standard InChI is InChI=1S/C7H8ClF3/c1-5-2-3-7(10,11)6(8,9)4-5/h2H,3-4H2,1H3. The molecule has 0 nitrogen and oxygen atoms in total. The van der Waals surface area contributed by atoms with Crippen LogP contribution in [0.25, 0.3) is 0 Å². The molecule has 0 bridgehead atoms. The van der Waals surface area contributed by atoms with Crippen LogP contribution in [0.5, 0.6) is 0 Å². The average Bonchev–Trinajstić information content (AvgIpc) is 1.80. The van der Waals surface area contributed by atoms with Gasteiger partial charge < -0.3 is 0 Å². The molecule has 64 valence electrons.